The van der Waals surface area contributed by atoms with Crippen LogP contribution in [0.4, 0.5) is 5.69 Å². The summed E-state index contributed by atoms with van der Waals surface area (Å²) in [5, 5.41) is 25.9. The summed E-state index contributed by atoms with van der Waals surface area (Å²) >= 11 is 0. The zero-order valence-corrected chi connectivity index (χ0v) is 27.2. The number of hydrogen-bond acceptors (Lipinski definition) is 6. The number of amides is 1. The van der Waals surface area contributed by atoms with E-state index in [9.17, 15) is 24.6 Å². The average Bonchev–Trinajstić information content (AvgIpc) is 3.33. The van der Waals surface area contributed by atoms with Gasteiger partial charge in [0.25, 0.3) is 0 Å². The van der Waals surface area contributed by atoms with Crippen molar-refractivity contribution in [3.05, 3.63) is 39.7 Å². The molecule has 4 fully saturated rings. The Morgan fingerprint density at radius 2 is 1.84 bits per heavy atom. The fraction of sp³-hybridized carbons (Fsp3) is 0.703. The number of hydrogen-bond donors (Lipinski definition) is 3. The first-order valence-corrected chi connectivity index (χ1v) is 17.0. The van der Waals surface area contributed by atoms with Crippen LogP contribution >= 0.6 is 0 Å². The average molecular weight is 606 g/mol. The number of benzene rings is 1. The molecule has 1 amide bonds. The van der Waals surface area contributed by atoms with Gasteiger partial charge in [0.05, 0.1) is 12.2 Å². The number of aliphatic hydroxyl groups excluding tert-OH is 2. The van der Waals surface area contributed by atoms with Gasteiger partial charge in [0.1, 0.15) is 11.4 Å². The monoisotopic (exact) mass is 605 g/mol. The zero-order chi connectivity index (χ0) is 31.6. The molecule has 0 saturated heterocycles. The summed E-state index contributed by atoms with van der Waals surface area (Å²) in [7, 11) is 0. The van der Waals surface area contributed by atoms with Crippen LogP contribution in [0.15, 0.2) is 27.4 Å². The van der Waals surface area contributed by atoms with Crippen molar-refractivity contribution in [1.82, 2.24) is 0 Å². The highest BCUT2D eigenvalue weighted by Crippen LogP contribution is 2.68. The minimum absolute atomic E-state index is 0.0463. The van der Waals surface area contributed by atoms with E-state index >= 15 is 0 Å². The third-order valence-electron chi connectivity index (χ3n) is 13.3. The summed E-state index contributed by atoms with van der Waals surface area (Å²) in [5.74, 6) is 2.82. The smallest absolute Gasteiger partial charge is 0.340 e. The van der Waals surface area contributed by atoms with Gasteiger partial charge in [0.15, 0.2) is 0 Å². The Bertz CT molecular complexity index is 1500. The number of Topliss-reactive ketones (excluding diaryl/α,β-unsaturated/α-hetero) is 1. The molecular formula is C37H51NO6. The maximum Gasteiger partial charge on any atom is 0.340 e. The van der Waals surface area contributed by atoms with Crippen molar-refractivity contribution in [1.29, 1.82) is 0 Å². The Kier molecular flexibility index (Phi) is 8.36. The standard InChI is InChI=1S/C37H51NO6/c1-20(6-13-34(42)38-24-8-10-26-22(3)28(16-21(2)39)35(43)44-32(26)18-24)29-11-12-30-27-9-7-23-17-25(40)14-15-36(23,4)31(27)19-33(41)37(29,30)5/h8,10,18,20,23,25,27,29-31,33,40-41H,6-7,9,11-17,19H2,1-5H3,(H,38,42)/t20-,23-,25-,27+,29-,30+,31+,33?,36+,37-/m1/s1. The van der Waals surface area contributed by atoms with Gasteiger partial charge in [-0.05, 0) is 136 Å². The van der Waals surface area contributed by atoms with Crippen molar-refractivity contribution < 1.29 is 24.2 Å². The molecule has 44 heavy (non-hydrogen) atoms. The molecule has 2 aromatic rings. The normalized spacial score (nSPS) is 37.1. The van der Waals surface area contributed by atoms with Gasteiger partial charge in [-0.15, -0.1) is 0 Å². The maximum atomic E-state index is 13.1. The van der Waals surface area contributed by atoms with E-state index in [1.807, 2.05) is 19.1 Å². The number of nitrogens with one attached hydrogen (secondary N) is 1. The van der Waals surface area contributed by atoms with Gasteiger partial charge in [0, 0.05) is 35.5 Å². The van der Waals surface area contributed by atoms with Crippen molar-refractivity contribution in [3.63, 3.8) is 0 Å². The number of fused-ring (bicyclic) bond motifs is 6. The van der Waals surface area contributed by atoms with Crippen molar-refractivity contribution in [2.45, 2.75) is 117 Å². The van der Waals surface area contributed by atoms with E-state index in [4.69, 9.17) is 4.42 Å². The number of carbonyl (C=O) groups excluding carboxylic acids is 2. The summed E-state index contributed by atoms with van der Waals surface area (Å²) < 4.78 is 5.52. The second-order valence-electron chi connectivity index (χ2n) is 15.5. The largest absolute Gasteiger partial charge is 0.422 e. The Morgan fingerprint density at radius 3 is 2.59 bits per heavy atom. The van der Waals surface area contributed by atoms with E-state index < -0.39 is 5.63 Å². The predicted octanol–water partition coefficient (Wildman–Crippen LogP) is 6.58. The molecular weight excluding hydrogens is 554 g/mol. The van der Waals surface area contributed by atoms with Gasteiger partial charge in [-0.2, -0.15) is 0 Å². The predicted molar refractivity (Wildman–Crippen MR) is 171 cm³/mol. The first-order chi connectivity index (χ1) is 20.8. The van der Waals surface area contributed by atoms with E-state index in [0.717, 1.165) is 55.9 Å². The molecule has 0 radical (unpaired) electrons. The van der Waals surface area contributed by atoms with Crippen molar-refractivity contribution in [2.24, 2.45) is 46.3 Å². The second kappa shape index (κ2) is 11.7. The van der Waals surface area contributed by atoms with Crippen LogP contribution in [0.3, 0.4) is 0 Å². The zero-order valence-electron chi connectivity index (χ0n) is 27.2. The topological polar surface area (TPSA) is 117 Å². The number of carbonyl (C=O) groups is 2. The molecule has 1 aromatic heterocycles. The third kappa shape index (κ3) is 5.26. The quantitative estimate of drug-likeness (QED) is 0.307. The summed E-state index contributed by atoms with van der Waals surface area (Å²) in [5.41, 5.74) is 1.69. The molecule has 240 valence electrons. The molecule has 1 aromatic carbocycles. The lowest BCUT2D eigenvalue weighted by atomic mass is 9.43. The molecule has 10 atom stereocenters. The summed E-state index contributed by atoms with van der Waals surface area (Å²) in [6.07, 6.45) is 9.17. The Hall–Kier alpha value is -2.51. The van der Waals surface area contributed by atoms with E-state index in [-0.39, 0.29) is 41.1 Å². The van der Waals surface area contributed by atoms with Gasteiger partial charge >= 0.3 is 5.63 Å². The summed E-state index contributed by atoms with van der Waals surface area (Å²) in [6.45, 7) is 10.3. The molecule has 0 spiro atoms. The molecule has 6 rings (SSSR count). The number of ketones is 1. The van der Waals surface area contributed by atoms with Crippen LogP contribution in [0.1, 0.15) is 103 Å². The lowest BCUT2D eigenvalue weighted by molar-refractivity contribution is -0.174. The van der Waals surface area contributed by atoms with E-state index in [1.165, 1.54) is 19.8 Å². The van der Waals surface area contributed by atoms with Gasteiger partial charge in [-0.25, -0.2) is 4.79 Å². The van der Waals surface area contributed by atoms with Crippen LogP contribution in [0.25, 0.3) is 11.0 Å². The molecule has 4 aliphatic rings. The first kappa shape index (κ1) is 31.5. The fourth-order valence-corrected chi connectivity index (χ4v) is 10.9. The molecule has 0 aliphatic heterocycles. The van der Waals surface area contributed by atoms with Crippen LogP contribution in [-0.2, 0) is 16.0 Å². The Balaban J connectivity index is 1.10. The van der Waals surface area contributed by atoms with E-state index in [0.29, 0.717) is 58.8 Å². The van der Waals surface area contributed by atoms with Crippen LogP contribution < -0.4 is 10.9 Å². The molecule has 1 unspecified atom stereocenters. The lowest BCUT2D eigenvalue weighted by Crippen LogP contribution is -2.58. The van der Waals surface area contributed by atoms with Crippen LogP contribution in [0.2, 0.25) is 0 Å². The fourth-order valence-electron chi connectivity index (χ4n) is 10.9. The lowest BCUT2D eigenvalue weighted by Gasteiger charge is -2.62. The van der Waals surface area contributed by atoms with Crippen molar-refractivity contribution in [2.75, 3.05) is 5.32 Å². The molecule has 0 bridgehead atoms. The molecule has 7 heteroatoms. The number of aryl methyl sites for hydroxylation is 1. The van der Waals surface area contributed by atoms with Gasteiger partial charge in [-0.3, -0.25) is 9.59 Å². The SMILES string of the molecule is CC(=O)Cc1c(C)c2ccc(NC(=O)CC[C@@H](C)[C@H]3CC[C@H]4[C@@H]5CC[C@@H]6C[C@H](O)CC[C@]6(C)[C@H]5CC(O)[C@]34C)cc2oc1=O. The molecule has 1 heterocycles. The highest BCUT2D eigenvalue weighted by atomic mass is 16.4. The van der Waals surface area contributed by atoms with E-state index in [1.54, 1.807) is 6.07 Å². The van der Waals surface area contributed by atoms with Crippen LogP contribution in [0, 0.1) is 53.3 Å². The molecule has 3 N–H and O–H groups in total. The highest BCUT2D eigenvalue weighted by molar-refractivity contribution is 5.94. The first-order valence-electron chi connectivity index (χ1n) is 17.0. The highest BCUT2D eigenvalue weighted by Gasteiger charge is 2.63. The third-order valence-corrected chi connectivity index (χ3v) is 13.3. The van der Waals surface area contributed by atoms with Crippen molar-refractivity contribution >= 4 is 28.3 Å². The summed E-state index contributed by atoms with van der Waals surface area (Å²) in [4.78, 5) is 37.2. The molecule has 7 nitrogen and oxygen atoms in total. The van der Waals surface area contributed by atoms with Gasteiger partial charge in [0.2, 0.25) is 5.91 Å². The Morgan fingerprint density at radius 1 is 1.07 bits per heavy atom. The van der Waals surface area contributed by atoms with Crippen LogP contribution in [-0.4, -0.2) is 34.1 Å². The van der Waals surface area contributed by atoms with Crippen LogP contribution in [0.5, 0.6) is 0 Å². The Labute approximate surface area is 261 Å². The second-order valence-corrected chi connectivity index (χ2v) is 15.5. The van der Waals surface area contributed by atoms with E-state index in [2.05, 4.69) is 26.1 Å². The van der Waals surface area contributed by atoms with Gasteiger partial charge in [-0.1, -0.05) is 20.8 Å². The number of aliphatic hydroxyl groups is 2. The minimum Gasteiger partial charge on any atom is -0.422 e. The van der Waals surface area contributed by atoms with Crippen molar-refractivity contribution in [3.8, 4) is 0 Å². The number of anilines is 1. The molecule has 4 aliphatic carbocycles. The number of rotatable bonds is 7. The minimum atomic E-state index is -0.512. The van der Waals surface area contributed by atoms with Gasteiger partial charge < -0.3 is 19.9 Å². The molecule has 4 saturated carbocycles. The summed E-state index contributed by atoms with van der Waals surface area (Å²) in [6, 6.07) is 5.33. The maximum absolute atomic E-state index is 13.1.